The minimum absolute atomic E-state index is 0.0814. The van der Waals surface area contributed by atoms with Crippen molar-refractivity contribution in [3.8, 4) is 0 Å². The van der Waals surface area contributed by atoms with Crippen LogP contribution in [-0.2, 0) is 14.3 Å². The average Bonchev–Trinajstić information content (AvgIpc) is 2.49. The lowest BCUT2D eigenvalue weighted by Gasteiger charge is -2.16. The molecule has 5 nitrogen and oxygen atoms in total. The first kappa shape index (κ1) is 19.9. The van der Waals surface area contributed by atoms with Crippen LogP contribution < -0.4 is 5.73 Å². The maximum absolute atomic E-state index is 11.6. The van der Waals surface area contributed by atoms with Gasteiger partial charge in [-0.2, -0.15) is 0 Å². The highest BCUT2D eigenvalue weighted by atomic mass is 16.5. The zero-order valence-electron chi connectivity index (χ0n) is 13.7. The van der Waals surface area contributed by atoms with E-state index in [1.807, 2.05) is 14.0 Å². The van der Waals surface area contributed by atoms with Crippen LogP contribution in [0.5, 0.6) is 0 Å². The molecule has 0 aromatic heterocycles. The van der Waals surface area contributed by atoms with Crippen LogP contribution in [0.2, 0.25) is 0 Å². The lowest BCUT2D eigenvalue weighted by Crippen LogP contribution is -2.27. The second-order valence-electron chi connectivity index (χ2n) is 5.45. The SMILES string of the molecule is CCCOC(=O)CCCCCCCN(C)C(=O)CCCN. The van der Waals surface area contributed by atoms with Crippen molar-refractivity contribution in [1.82, 2.24) is 4.90 Å². The van der Waals surface area contributed by atoms with Crippen LogP contribution in [0.25, 0.3) is 0 Å². The van der Waals surface area contributed by atoms with Gasteiger partial charge in [0.25, 0.3) is 0 Å². The van der Waals surface area contributed by atoms with Crippen molar-refractivity contribution in [3.63, 3.8) is 0 Å². The molecule has 0 unspecified atom stereocenters. The minimum atomic E-state index is -0.0814. The zero-order valence-corrected chi connectivity index (χ0v) is 13.7. The Balaban J connectivity index is 3.39. The number of unbranched alkanes of at least 4 members (excludes halogenated alkanes) is 4. The van der Waals surface area contributed by atoms with Crippen molar-refractivity contribution < 1.29 is 14.3 Å². The standard InChI is InChI=1S/C16H32N2O3/c1-3-14-21-16(20)11-7-5-4-6-8-13-18(2)15(19)10-9-12-17/h3-14,17H2,1-2H3. The van der Waals surface area contributed by atoms with Gasteiger partial charge in [-0.05, 0) is 32.2 Å². The largest absolute Gasteiger partial charge is 0.466 e. The summed E-state index contributed by atoms with van der Waals surface area (Å²) in [6, 6.07) is 0. The van der Waals surface area contributed by atoms with Gasteiger partial charge in [-0.3, -0.25) is 9.59 Å². The molecule has 0 spiro atoms. The molecule has 0 aromatic carbocycles. The summed E-state index contributed by atoms with van der Waals surface area (Å²) in [6.45, 7) is 3.90. The Morgan fingerprint density at radius 2 is 1.67 bits per heavy atom. The van der Waals surface area contributed by atoms with E-state index < -0.39 is 0 Å². The summed E-state index contributed by atoms with van der Waals surface area (Å²) in [4.78, 5) is 24.7. The summed E-state index contributed by atoms with van der Waals surface area (Å²) in [5.41, 5.74) is 5.39. The summed E-state index contributed by atoms with van der Waals surface area (Å²) in [5.74, 6) is 0.0983. The van der Waals surface area contributed by atoms with E-state index >= 15 is 0 Å². The van der Waals surface area contributed by atoms with Crippen molar-refractivity contribution in [2.45, 2.75) is 64.7 Å². The lowest BCUT2D eigenvalue weighted by atomic mass is 10.1. The average molecular weight is 300 g/mol. The summed E-state index contributed by atoms with van der Waals surface area (Å²) in [7, 11) is 1.85. The highest BCUT2D eigenvalue weighted by Gasteiger charge is 2.07. The fourth-order valence-corrected chi connectivity index (χ4v) is 2.01. The monoisotopic (exact) mass is 300 g/mol. The van der Waals surface area contributed by atoms with E-state index in [1.165, 1.54) is 0 Å². The van der Waals surface area contributed by atoms with Crippen LogP contribution in [-0.4, -0.2) is 43.5 Å². The highest BCUT2D eigenvalue weighted by molar-refractivity contribution is 5.75. The molecule has 5 heteroatoms. The minimum Gasteiger partial charge on any atom is -0.466 e. The smallest absolute Gasteiger partial charge is 0.305 e. The molecule has 0 aliphatic carbocycles. The van der Waals surface area contributed by atoms with Crippen LogP contribution in [0.3, 0.4) is 0 Å². The number of carbonyl (C=O) groups is 2. The molecule has 0 aliphatic rings. The van der Waals surface area contributed by atoms with Gasteiger partial charge in [-0.1, -0.05) is 26.2 Å². The van der Waals surface area contributed by atoms with Crippen molar-refractivity contribution in [2.24, 2.45) is 5.73 Å². The van der Waals surface area contributed by atoms with E-state index in [1.54, 1.807) is 4.90 Å². The van der Waals surface area contributed by atoms with Gasteiger partial charge in [0.05, 0.1) is 6.61 Å². The molecule has 0 radical (unpaired) electrons. The number of esters is 1. The number of nitrogens with zero attached hydrogens (tertiary/aromatic N) is 1. The number of carbonyl (C=O) groups excluding carboxylic acids is 2. The first-order valence-electron chi connectivity index (χ1n) is 8.21. The topological polar surface area (TPSA) is 72.6 Å². The van der Waals surface area contributed by atoms with E-state index in [-0.39, 0.29) is 11.9 Å². The Hall–Kier alpha value is -1.10. The maximum atomic E-state index is 11.6. The molecule has 21 heavy (non-hydrogen) atoms. The molecule has 0 fully saturated rings. The molecular weight excluding hydrogens is 268 g/mol. The predicted molar refractivity (Wildman–Crippen MR) is 84.9 cm³/mol. The van der Waals surface area contributed by atoms with Crippen molar-refractivity contribution in [1.29, 1.82) is 0 Å². The van der Waals surface area contributed by atoms with Gasteiger partial charge in [0.15, 0.2) is 0 Å². The maximum Gasteiger partial charge on any atom is 0.305 e. The van der Waals surface area contributed by atoms with Crippen molar-refractivity contribution in [3.05, 3.63) is 0 Å². The second kappa shape index (κ2) is 13.9. The van der Waals surface area contributed by atoms with Gasteiger partial charge < -0.3 is 15.4 Å². The molecule has 0 rings (SSSR count). The zero-order chi connectivity index (χ0) is 15.9. The van der Waals surface area contributed by atoms with E-state index in [2.05, 4.69) is 0 Å². The highest BCUT2D eigenvalue weighted by Crippen LogP contribution is 2.07. The van der Waals surface area contributed by atoms with Crippen LogP contribution in [0.1, 0.15) is 64.7 Å². The van der Waals surface area contributed by atoms with Gasteiger partial charge >= 0.3 is 5.97 Å². The summed E-state index contributed by atoms with van der Waals surface area (Å²) >= 11 is 0. The number of rotatable bonds is 13. The number of amides is 1. The molecule has 0 aromatic rings. The molecular formula is C16H32N2O3. The van der Waals surface area contributed by atoms with Crippen molar-refractivity contribution >= 4 is 11.9 Å². The number of ether oxygens (including phenoxy) is 1. The van der Waals surface area contributed by atoms with Gasteiger partial charge in [0, 0.05) is 26.4 Å². The molecule has 2 N–H and O–H groups in total. The van der Waals surface area contributed by atoms with Gasteiger partial charge in [-0.25, -0.2) is 0 Å². The van der Waals surface area contributed by atoms with Crippen LogP contribution in [0.15, 0.2) is 0 Å². The Bertz CT molecular complexity index is 283. The summed E-state index contributed by atoms with van der Waals surface area (Å²) in [5, 5.41) is 0. The normalized spacial score (nSPS) is 10.4. The fraction of sp³-hybridized carbons (Fsp3) is 0.875. The molecule has 0 aliphatic heterocycles. The van der Waals surface area contributed by atoms with Gasteiger partial charge in [0.1, 0.15) is 0 Å². The third kappa shape index (κ3) is 12.4. The Kier molecular flexibility index (Phi) is 13.1. The van der Waals surface area contributed by atoms with E-state index in [0.29, 0.717) is 26.0 Å². The van der Waals surface area contributed by atoms with Crippen LogP contribution in [0.4, 0.5) is 0 Å². The van der Waals surface area contributed by atoms with Crippen molar-refractivity contribution in [2.75, 3.05) is 26.7 Å². The number of hydrogen-bond donors (Lipinski definition) is 1. The molecule has 0 bridgehead atoms. The summed E-state index contributed by atoms with van der Waals surface area (Å²) in [6.07, 6.45) is 7.88. The number of nitrogens with two attached hydrogens (primary N) is 1. The number of hydrogen-bond acceptors (Lipinski definition) is 4. The predicted octanol–water partition coefficient (Wildman–Crippen LogP) is 2.48. The van der Waals surface area contributed by atoms with E-state index in [4.69, 9.17) is 10.5 Å². The Morgan fingerprint density at radius 1 is 1.00 bits per heavy atom. The third-order valence-electron chi connectivity index (χ3n) is 3.36. The first-order valence-corrected chi connectivity index (χ1v) is 8.21. The second-order valence-corrected chi connectivity index (χ2v) is 5.45. The molecule has 0 saturated carbocycles. The quantitative estimate of drug-likeness (QED) is 0.419. The molecule has 124 valence electrons. The lowest BCUT2D eigenvalue weighted by molar-refractivity contribution is -0.143. The Morgan fingerprint density at radius 3 is 2.33 bits per heavy atom. The van der Waals surface area contributed by atoms with Crippen LogP contribution >= 0.6 is 0 Å². The van der Waals surface area contributed by atoms with Gasteiger partial charge in [0.2, 0.25) is 5.91 Å². The Labute approximate surface area is 129 Å². The fourth-order valence-electron chi connectivity index (χ4n) is 2.01. The molecule has 0 heterocycles. The third-order valence-corrected chi connectivity index (χ3v) is 3.36. The molecule has 0 saturated heterocycles. The van der Waals surface area contributed by atoms with E-state index in [9.17, 15) is 9.59 Å². The van der Waals surface area contributed by atoms with E-state index in [0.717, 1.165) is 51.5 Å². The van der Waals surface area contributed by atoms with Crippen LogP contribution in [0, 0.1) is 0 Å². The molecule has 1 amide bonds. The molecule has 0 atom stereocenters. The van der Waals surface area contributed by atoms with Gasteiger partial charge in [-0.15, -0.1) is 0 Å². The first-order chi connectivity index (χ1) is 10.1. The summed E-state index contributed by atoms with van der Waals surface area (Å²) < 4.78 is 5.02.